The number of benzene rings is 1. The average molecular weight is 463 g/mol. The molecule has 1 aromatic carbocycles. The first-order chi connectivity index (χ1) is 15.6. The Morgan fingerprint density at radius 2 is 1.94 bits per heavy atom. The number of methoxy groups -OCH3 is 1. The monoisotopic (exact) mass is 462 g/mol. The summed E-state index contributed by atoms with van der Waals surface area (Å²) in [7, 11) is 3.32. The van der Waals surface area contributed by atoms with E-state index < -0.39 is 0 Å². The molecular weight excluding hydrogens is 424 g/mol. The summed E-state index contributed by atoms with van der Waals surface area (Å²) < 4.78 is 11.7. The molecule has 2 rings (SSSR count). The maximum absolute atomic E-state index is 13.3. The molecular formula is C24H38N4O5. The zero-order valence-corrected chi connectivity index (χ0v) is 20.8. The van der Waals surface area contributed by atoms with E-state index >= 15 is 0 Å². The van der Waals surface area contributed by atoms with Crippen LogP contribution in [0.3, 0.4) is 0 Å². The van der Waals surface area contributed by atoms with Gasteiger partial charge >= 0.3 is 6.03 Å². The lowest BCUT2D eigenvalue weighted by Gasteiger charge is -2.36. The highest BCUT2D eigenvalue weighted by molar-refractivity contribution is 5.99. The lowest BCUT2D eigenvalue weighted by Crippen LogP contribution is -2.52. The summed E-state index contributed by atoms with van der Waals surface area (Å²) in [5.74, 6) is 0.00713. The third-order valence-electron chi connectivity index (χ3n) is 5.72. The van der Waals surface area contributed by atoms with Crippen molar-refractivity contribution in [2.75, 3.05) is 39.2 Å². The van der Waals surface area contributed by atoms with E-state index in [9.17, 15) is 14.4 Å². The summed E-state index contributed by atoms with van der Waals surface area (Å²) in [6.45, 7) is 10.5. The molecule has 9 nitrogen and oxygen atoms in total. The van der Waals surface area contributed by atoms with Crippen molar-refractivity contribution < 1.29 is 23.9 Å². The van der Waals surface area contributed by atoms with Crippen molar-refractivity contribution in [1.82, 2.24) is 15.1 Å². The van der Waals surface area contributed by atoms with Gasteiger partial charge in [0.25, 0.3) is 5.91 Å². The van der Waals surface area contributed by atoms with Gasteiger partial charge in [0.05, 0.1) is 17.7 Å². The molecule has 0 saturated heterocycles. The number of likely N-dealkylation sites (N-methyl/N-ethyl adjacent to an activating group) is 1. The van der Waals surface area contributed by atoms with Gasteiger partial charge in [0.15, 0.2) is 0 Å². The van der Waals surface area contributed by atoms with E-state index in [0.717, 1.165) is 0 Å². The highest BCUT2D eigenvalue weighted by Crippen LogP contribution is 2.26. The smallest absolute Gasteiger partial charge is 0.317 e. The molecule has 4 amide bonds. The van der Waals surface area contributed by atoms with Gasteiger partial charge in [-0.25, -0.2) is 4.79 Å². The highest BCUT2D eigenvalue weighted by Gasteiger charge is 2.30. The van der Waals surface area contributed by atoms with Crippen LogP contribution in [0.1, 0.15) is 51.4 Å². The minimum Gasteiger partial charge on any atom is -0.491 e. The maximum atomic E-state index is 13.3. The largest absolute Gasteiger partial charge is 0.491 e. The number of ether oxygens (including phenoxy) is 2. The van der Waals surface area contributed by atoms with Crippen LogP contribution in [0.4, 0.5) is 10.5 Å². The standard InChI is InChI=1S/C24H38N4O5/c1-8-22(29)26-18-9-10-20-19(11-18)23(30)27(6)13-21(32-7)16(4)12-28(17(5)14-33-20)24(31)25-15(2)3/h9-11,15-17,21H,8,12-14H2,1-7H3,(H,25,31)(H,26,29)/t16-,17-,21+/m0/s1. The van der Waals surface area contributed by atoms with Gasteiger partial charge in [0.1, 0.15) is 12.4 Å². The van der Waals surface area contributed by atoms with E-state index in [1.807, 2.05) is 27.7 Å². The summed E-state index contributed by atoms with van der Waals surface area (Å²) in [6.07, 6.45) is 0.0629. The van der Waals surface area contributed by atoms with Crippen molar-refractivity contribution in [1.29, 1.82) is 0 Å². The third-order valence-corrected chi connectivity index (χ3v) is 5.72. The summed E-state index contributed by atoms with van der Waals surface area (Å²) in [4.78, 5) is 41.4. The fraction of sp³-hybridized carbons (Fsp3) is 0.625. The Kier molecular flexibility index (Phi) is 9.52. The average Bonchev–Trinajstić information content (AvgIpc) is 2.77. The van der Waals surface area contributed by atoms with E-state index in [4.69, 9.17) is 9.47 Å². The number of nitrogens with zero attached hydrogens (tertiary/aromatic N) is 2. The second-order valence-corrected chi connectivity index (χ2v) is 8.97. The van der Waals surface area contributed by atoms with Crippen LogP contribution < -0.4 is 15.4 Å². The Labute approximate surface area is 196 Å². The molecule has 3 atom stereocenters. The van der Waals surface area contributed by atoms with Gasteiger partial charge in [-0.2, -0.15) is 0 Å². The van der Waals surface area contributed by atoms with E-state index in [2.05, 4.69) is 10.6 Å². The number of amides is 4. The molecule has 1 aliphatic heterocycles. The number of urea groups is 1. The zero-order chi connectivity index (χ0) is 24.7. The number of anilines is 1. The molecule has 0 bridgehead atoms. The van der Waals surface area contributed by atoms with Crippen LogP contribution in [0.25, 0.3) is 0 Å². The van der Waals surface area contributed by atoms with Crippen molar-refractivity contribution in [2.45, 2.75) is 59.2 Å². The quantitative estimate of drug-likeness (QED) is 0.717. The predicted molar refractivity (Wildman–Crippen MR) is 128 cm³/mol. The first kappa shape index (κ1) is 26.4. The topological polar surface area (TPSA) is 100 Å². The fourth-order valence-electron chi connectivity index (χ4n) is 3.72. The lowest BCUT2D eigenvalue weighted by atomic mass is 10.0. The fourth-order valence-corrected chi connectivity index (χ4v) is 3.72. The van der Waals surface area contributed by atoms with E-state index in [0.29, 0.717) is 36.5 Å². The zero-order valence-electron chi connectivity index (χ0n) is 20.8. The molecule has 1 heterocycles. The van der Waals surface area contributed by atoms with Crippen LogP contribution in [-0.2, 0) is 9.53 Å². The van der Waals surface area contributed by atoms with Crippen LogP contribution in [0.2, 0.25) is 0 Å². The minimum atomic E-state index is -0.271. The molecule has 0 saturated carbocycles. The predicted octanol–water partition coefficient (Wildman–Crippen LogP) is 2.96. The van der Waals surface area contributed by atoms with Gasteiger partial charge in [0.2, 0.25) is 5.91 Å². The molecule has 184 valence electrons. The van der Waals surface area contributed by atoms with Crippen molar-refractivity contribution in [3.63, 3.8) is 0 Å². The SMILES string of the molecule is CCC(=O)Nc1ccc2c(c1)C(=O)N(C)C[C@@H](OC)[C@@H](C)CN(C(=O)NC(C)C)[C@@H](C)CO2. The Hall–Kier alpha value is -2.81. The number of carbonyl (C=O) groups is 3. The molecule has 9 heteroatoms. The maximum Gasteiger partial charge on any atom is 0.317 e. The summed E-state index contributed by atoms with van der Waals surface area (Å²) >= 11 is 0. The van der Waals surface area contributed by atoms with Crippen molar-refractivity contribution in [3.8, 4) is 5.75 Å². The van der Waals surface area contributed by atoms with E-state index in [-0.39, 0.29) is 48.6 Å². The number of nitrogens with one attached hydrogen (secondary N) is 2. The first-order valence-electron chi connectivity index (χ1n) is 11.5. The van der Waals surface area contributed by atoms with Crippen LogP contribution in [0, 0.1) is 5.92 Å². The molecule has 0 fully saturated rings. The number of fused-ring (bicyclic) bond motifs is 1. The first-order valence-corrected chi connectivity index (χ1v) is 11.5. The van der Waals surface area contributed by atoms with Gasteiger partial charge in [-0.3, -0.25) is 9.59 Å². The van der Waals surface area contributed by atoms with Gasteiger partial charge < -0.3 is 29.9 Å². The van der Waals surface area contributed by atoms with Gasteiger partial charge in [-0.1, -0.05) is 13.8 Å². The molecule has 2 N–H and O–H groups in total. The highest BCUT2D eigenvalue weighted by atomic mass is 16.5. The van der Waals surface area contributed by atoms with Crippen molar-refractivity contribution in [3.05, 3.63) is 23.8 Å². The second kappa shape index (κ2) is 11.9. The van der Waals surface area contributed by atoms with Crippen LogP contribution >= 0.6 is 0 Å². The van der Waals surface area contributed by atoms with Gasteiger partial charge in [0, 0.05) is 51.3 Å². The van der Waals surface area contributed by atoms with E-state index in [1.54, 1.807) is 49.1 Å². The summed E-state index contributed by atoms with van der Waals surface area (Å²) in [6, 6.07) is 4.61. The van der Waals surface area contributed by atoms with Crippen molar-refractivity contribution in [2.24, 2.45) is 5.92 Å². The van der Waals surface area contributed by atoms with Crippen molar-refractivity contribution >= 4 is 23.5 Å². The normalized spacial score (nSPS) is 22.1. The Morgan fingerprint density at radius 1 is 1.24 bits per heavy atom. The van der Waals surface area contributed by atoms with Crippen LogP contribution in [0.15, 0.2) is 18.2 Å². The minimum absolute atomic E-state index is 0.00163. The molecule has 0 aliphatic carbocycles. The van der Waals surface area contributed by atoms with Gasteiger partial charge in [-0.15, -0.1) is 0 Å². The molecule has 1 aliphatic rings. The number of hydrogen-bond acceptors (Lipinski definition) is 5. The molecule has 0 unspecified atom stereocenters. The van der Waals surface area contributed by atoms with E-state index in [1.165, 1.54) is 0 Å². The summed E-state index contributed by atoms with van der Waals surface area (Å²) in [5, 5.41) is 5.75. The molecule has 33 heavy (non-hydrogen) atoms. The molecule has 0 spiro atoms. The molecule has 1 aromatic rings. The Balaban J connectivity index is 2.44. The lowest BCUT2D eigenvalue weighted by molar-refractivity contribution is -0.115. The Morgan fingerprint density at radius 3 is 2.55 bits per heavy atom. The van der Waals surface area contributed by atoms with Crippen LogP contribution in [-0.4, -0.2) is 79.7 Å². The van der Waals surface area contributed by atoms with Gasteiger partial charge in [-0.05, 0) is 39.0 Å². The number of carbonyl (C=O) groups excluding carboxylic acids is 3. The Bertz CT molecular complexity index is 844. The molecule has 0 radical (unpaired) electrons. The number of rotatable bonds is 4. The third kappa shape index (κ3) is 7.08. The van der Waals surface area contributed by atoms with Crippen LogP contribution in [0.5, 0.6) is 5.75 Å². The second-order valence-electron chi connectivity index (χ2n) is 8.97. The molecule has 0 aromatic heterocycles. The summed E-state index contributed by atoms with van der Waals surface area (Å²) in [5.41, 5.74) is 0.876. The number of hydrogen-bond donors (Lipinski definition) is 2.